The minimum atomic E-state index is -4.69. The molecule has 0 aliphatic rings. The van der Waals surface area contributed by atoms with Crippen LogP contribution < -0.4 is 4.74 Å². The van der Waals surface area contributed by atoms with E-state index in [0.29, 0.717) is 10.5 Å². The number of benzene rings is 4. The fraction of sp³-hybridized carbons (Fsp3) is 0.0714. The van der Waals surface area contributed by atoms with Gasteiger partial charge >= 0.3 is 18.1 Å². The minimum absolute atomic E-state index is 0.0101. The number of halogens is 4. The minimum Gasteiger partial charge on any atom is -0.452 e. The third-order valence-corrected chi connectivity index (χ3v) is 8.01. The monoisotopic (exact) mass is 635 g/mol. The Morgan fingerprint density at radius 1 is 0.757 bits per heavy atom. The summed E-state index contributed by atoms with van der Waals surface area (Å²) in [5.74, 6) is -1.82. The third kappa shape index (κ3) is 7.14. The molecule has 0 amide bonds. The number of ether oxygens (including phenoxy) is 2. The highest BCUT2D eigenvalue weighted by Gasteiger charge is 2.36. The molecule has 0 N–H and O–H groups in total. The fourth-order valence-electron chi connectivity index (χ4n) is 3.39. The van der Waals surface area contributed by atoms with Gasteiger partial charge in [0.25, 0.3) is 0 Å². The molecule has 0 heterocycles. The average Bonchev–Trinajstić information content (AvgIpc) is 2.89. The van der Waals surface area contributed by atoms with E-state index >= 15 is 0 Å². The third-order valence-electron chi connectivity index (χ3n) is 5.01. The molecule has 0 bridgehead atoms. The summed E-state index contributed by atoms with van der Waals surface area (Å²) in [7, 11) is -0.854. The van der Waals surface area contributed by atoms with Crippen LogP contribution in [0.1, 0.15) is 20.7 Å². The van der Waals surface area contributed by atoms with Gasteiger partial charge in [0.05, 0.1) is 5.56 Å². The highest BCUT2D eigenvalue weighted by atomic mass is 127. The normalized spacial score (nSPS) is 11.3. The van der Waals surface area contributed by atoms with Crippen molar-refractivity contribution in [3.8, 4) is 5.75 Å². The molecule has 0 saturated carbocycles. The number of rotatable bonds is 7. The van der Waals surface area contributed by atoms with Crippen LogP contribution in [0.15, 0.2) is 118 Å². The summed E-state index contributed by atoms with van der Waals surface area (Å²) in [6, 6.07) is 29.6. The highest BCUT2D eigenvalue weighted by Crippen LogP contribution is 2.35. The van der Waals surface area contributed by atoms with Crippen molar-refractivity contribution in [2.45, 2.75) is 20.9 Å². The first kappa shape index (κ1) is 26.7. The number of hydrogen-bond donors (Lipinski definition) is 0. The van der Waals surface area contributed by atoms with E-state index in [1.165, 1.54) is 12.1 Å². The fourth-order valence-corrected chi connectivity index (χ4v) is 5.95. The van der Waals surface area contributed by atoms with Gasteiger partial charge in [-0.2, -0.15) is 13.2 Å². The first-order valence-electron chi connectivity index (χ1n) is 10.9. The molecule has 0 saturated heterocycles. The molecule has 188 valence electrons. The van der Waals surface area contributed by atoms with Crippen molar-refractivity contribution in [1.82, 2.24) is 0 Å². The quantitative estimate of drug-likeness (QED) is 0.0925. The Labute approximate surface area is 227 Å². The lowest BCUT2D eigenvalue weighted by Gasteiger charge is -2.14. The van der Waals surface area contributed by atoms with Gasteiger partial charge in [-0.1, -0.05) is 36.4 Å². The smallest absolute Gasteiger partial charge is 0.422 e. The van der Waals surface area contributed by atoms with Gasteiger partial charge in [0.2, 0.25) is 0 Å². The summed E-state index contributed by atoms with van der Waals surface area (Å²) >= 11 is 2.10. The van der Waals surface area contributed by atoms with Crippen molar-refractivity contribution in [2.75, 3.05) is 6.61 Å². The lowest BCUT2D eigenvalue weighted by molar-refractivity contribution is -0.161. The maximum Gasteiger partial charge on any atom is 0.422 e. The van der Waals surface area contributed by atoms with Crippen LogP contribution in [-0.2, 0) is 15.6 Å². The molecule has 0 unspecified atom stereocenters. The van der Waals surface area contributed by atoms with E-state index in [-0.39, 0.29) is 11.3 Å². The van der Waals surface area contributed by atoms with Crippen LogP contribution in [0.5, 0.6) is 5.75 Å². The number of hydrogen-bond acceptors (Lipinski definition) is 4. The summed E-state index contributed by atoms with van der Waals surface area (Å²) in [6.07, 6.45) is -4.69. The van der Waals surface area contributed by atoms with Crippen molar-refractivity contribution < 1.29 is 32.2 Å². The zero-order valence-corrected chi connectivity index (χ0v) is 22.0. The second-order valence-electron chi connectivity index (χ2n) is 7.68. The summed E-state index contributed by atoms with van der Waals surface area (Å²) in [5, 5.41) is 0. The second-order valence-corrected chi connectivity index (χ2v) is 10.9. The molecule has 4 aromatic rings. The number of carbonyl (C=O) groups excluding carboxylic acids is 2. The first-order chi connectivity index (χ1) is 17.7. The molecule has 4 rings (SSSR count). The van der Waals surface area contributed by atoms with Crippen LogP contribution in [0.4, 0.5) is 13.2 Å². The van der Waals surface area contributed by atoms with Crippen LogP contribution in [0.25, 0.3) is 0 Å². The summed E-state index contributed by atoms with van der Waals surface area (Å²) in [6.45, 7) is -1.73. The molecule has 0 radical (unpaired) electrons. The first-order valence-corrected chi connectivity index (χ1v) is 13.2. The Hall–Kier alpha value is -3.31. The molecule has 0 spiro atoms. The molecule has 0 aliphatic carbocycles. The number of alkyl halides is 3. The highest BCUT2D eigenvalue weighted by molar-refractivity contribution is 14.1. The molecule has 0 aromatic heterocycles. The maximum absolute atomic E-state index is 13.0. The van der Waals surface area contributed by atoms with E-state index in [0.717, 1.165) is 13.4 Å². The Morgan fingerprint density at radius 3 is 1.86 bits per heavy atom. The standard InChI is InChI=1S/C28H19F3IO4S/c29-28(30,31)18-35-27(34)24-17-21(36-26(33)19-11-13-20(32)14-12-19)15-16-25(24)37(22-7-3-1-4-8-22)23-9-5-2-6-10-23/h1-17H,18H2/q+1. The number of carbonyl (C=O) groups is 2. The van der Waals surface area contributed by atoms with Gasteiger partial charge in [0.1, 0.15) is 22.2 Å². The maximum atomic E-state index is 13.0. The van der Waals surface area contributed by atoms with Gasteiger partial charge < -0.3 is 9.47 Å². The Balaban J connectivity index is 1.77. The molecular formula is C28H19F3IO4S+. The van der Waals surface area contributed by atoms with E-state index < -0.39 is 35.6 Å². The lowest BCUT2D eigenvalue weighted by atomic mass is 10.2. The van der Waals surface area contributed by atoms with Crippen molar-refractivity contribution in [3.63, 3.8) is 0 Å². The zero-order chi connectivity index (χ0) is 26.4. The van der Waals surface area contributed by atoms with E-state index in [9.17, 15) is 22.8 Å². The number of esters is 2. The van der Waals surface area contributed by atoms with Gasteiger partial charge in [-0.25, -0.2) is 9.59 Å². The Morgan fingerprint density at radius 2 is 1.32 bits per heavy atom. The van der Waals surface area contributed by atoms with E-state index in [4.69, 9.17) is 4.74 Å². The van der Waals surface area contributed by atoms with Gasteiger partial charge in [-0.3, -0.25) is 0 Å². The van der Waals surface area contributed by atoms with Crippen LogP contribution in [-0.4, -0.2) is 24.7 Å². The SMILES string of the molecule is O=C(Oc1ccc([S+](c2ccccc2)c2ccccc2)c(C(=O)OCC(F)(F)F)c1)c1ccc(I)cc1. The molecule has 0 fully saturated rings. The molecule has 0 aliphatic heterocycles. The van der Waals surface area contributed by atoms with Crippen molar-refractivity contribution in [2.24, 2.45) is 0 Å². The second kappa shape index (κ2) is 11.8. The van der Waals surface area contributed by atoms with E-state index in [1.807, 2.05) is 60.7 Å². The van der Waals surface area contributed by atoms with Gasteiger partial charge in [-0.05, 0) is 83.3 Å². The van der Waals surface area contributed by atoms with Crippen LogP contribution in [0.2, 0.25) is 0 Å². The van der Waals surface area contributed by atoms with Gasteiger partial charge in [-0.15, -0.1) is 0 Å². The van der Waals surface area contributed by atoms with E-state index in [1.54, 1.807) is 30.3 Å². The van der Waals surface area contributed by atoms with E-state index in [2.05, 4.69) is 27.3 Å². The molecule has 4 nitrogen and oxygen atoms in total. The predicted molar refractivity (Wildman–Crippen MR) is 142 cm³/mol. The lowest BCUT2D eigenvalue weighted by Crippen LogP contribution is -2.22. The molecular weight excluding hydrogens is 616 g/mol. The predicted octanol–water partition coefficient (Wildman–Crippen LogP) is 7.32. The van der Waals surface area contributed by atoms with Crippen molar-refractivity contribution in [3.05, 3.63) is 118 Å². The Bertz CT molecular complexity index is 1340. The van der Waals surface area contributed by atoms with Crippen LogP contribution in [0, 0.1) is 3.57 Å². The van der Waals surface area contributed by atoms with Crippen LogP contribution in [0.3, 0.4) is 0 Å². The Kier molecular flexibility index (Phi) is 8.55. The molecule has 37 heavy (non-hydrogen) atoms. The average molecular weight is 635 g/mol. The topological polar surface area (TPSA) is 52.6 Å². The zero-order valence-electron chi connectivity index (χ0n) is 19.1. The molecule has 4 aromatic carbocycles. The van der Waals surface area contributed by atoms with Crippen LogP contribution >= 0.6 is 22.6 Å². The van der Waals surface area contributed by atoms with Crippen molar-refractivity contribution >= 4 is 45.4 Å². The van der Waals surface area contributed by atoms with Crippen molar-refractivity contribution in [1.29, 1.82) is 0 Å². The molecule has 0 atom stereocenters. The summed E-state index contributed by atoms with van der Waals surface area (Å²) < 4.78 is 49.5. The summed E-state index contributed by atoms with van der Waals surface area (Å²) in [4.78, 5) is 27.7. The van der Waals surface area contributed by atoms with Gasteiger partial charge in [0, 0.05) is 9.64 Å². The molecule has 9 heteroatoms. The largest absolute Gasteiger partial charge is 0.452 e. The summed E-state index contributed by atoms with van der Waals surface area (Å²) in [5.41, 5.74) is 0.173. The van der Waals surface area contributed by atoms with Gasteiger partial charge in [0.15, 0.2) is 21.3 Å².